The van der Waals surface area contributed by atoms with Crippen molar-refractivity contribution in [2.45, 2.75) is 53.4 Å². The lowest BCUT2D eigenvalue weighted by molar-refractivity contribution is 0.620. The van der Waals surface area contributed by atoms with Gasteiger partial charge in [-0.1, -0.05) is 44.1 Å². The largest absolute Gasteiger partial charge is 0.0885 e. The molecule has 0 bridgehead atoms. The normalized spacial score (nSPS) is 15.2. The molecule has 0 amide bonds. The van der Waals surface area contributed by atoms with E-state index in [0.717, 1.165) is 5.92 Å². The monoisotopic (exact) mass is 180 g/mol. The Kier molecular flexibility index (Phi) is 7.77. The van der Waals surface area contributed by atoms with E-state index in [2.05, 4.69) is 45.9 Å². The lowest BCUT2D eigenvalue weighted by atomic mass is 9.97. The number of hydrogen-bond donors (Lipinski definition) is 0. The molecule has 1 atom stereocenters. The van der Waals surface area contributed by atoms with E-state index in [1.165, 1.54) is 31.3 Å². The first-order chi connectivity index (χ1) is 6.22. The molecule has 0 aliphatic heterocycles. The quantitative estimate of drug-likeness (QED) is 0.519. The van der Waals surface area contributed by atoms with Crippen LogP contribution < -0.4 is 0 Å². The van der Waals surface area contributed by atoms with Crippen molar-refractivity contribution in [1.29, 1.82) is 0 Å². The summed E-state index contributed by atoms with van der Waals surface area (Å²) in [5.41, 5.74) is 1.52. The molecule has 0 saturated carbocycles. The summed E-state index contributed by atoms with van der Waals surface area (Å²) < 4.78 is 0. The molecule has 0 rings (SSSR count). The molecule has 0 heterocycles. The van der Waals surface area contributed by atoms with Crippen LogP contribution in [0.4, 0.5) is 0 Å². The Morgan fingerprint density at radius 1 is 1.23 bits per heavy atom. The Balaban J connectivity index is 3.53. The van der Waals surface area contributed by atoms with Crippen molar-refractivity contribution in [3.63, 3.8) is 0 Å². The molecular formula is C13H24. The van der Waals surface area contributed by atoms with E-state index in [9.17, 15) is 0 Å². The van der Waals surface area contributed by atoms with Crippen molar-refractivity contribution < 1.29 is 0 Å². The van der Waals surface area contributed by atoms with Crippen molar-refractivity contribution in [3.05, 3.63) is 23.8 Å². The highest BCUT2D eigenvalue weighted by molar-refractivity contribution is 5.00. The van der Waals surface area contributed by atoms with Gasteiger partial charge in [-0.3, -0.25) is 0 Å². The topological polar surface area (TPSA) is 0 Å². The highest BCUT2D eigenvalue weighted by Gasteiger charge is 2.00. The average Bonchev–Trinajstić information content (AvgIpc) is 2.16. The van der Waals surface area contributed by atoms with Gasteiger partial charge in [0, 0.05) is 0 Å². The van der Waals surface area contributed by atoms with Crippen LogP contribution in [-0.4, -0.2) is 0 Å². The second-order valence-corrected chi connectivity index (χ2v) is 3.77. The minimum atomic E-state index is 0.747. The van der Waals surface area contributed by atoms with Gasteiger partial charge in [-0.15, -0.1) is 0 Å². The Morgan fingerprint density at radius 2 is 1.85 bits per heavy atom. The third-order valence-electron chi connectivity index (χ3n) is 2.62. The van der Waals surface area contributed by atoms with Gasteiger partial charge in [0.05, 0.1) is 0 Å². The predicted molar refractivity (Wildman–Crippen MR) is 61.9 cm³/mol. The summed E-state index contributed by atoms with van der Waals surface area (Å²) in [6.45, 7) is 8.87. The van der Waals surface area contributed by atoms with Crippen LogP contribution in [0.3, 0.4) is 0 Å². The van der Waals surface area contributed by atoms with Gasteiger partial charge >= 0.3 is 0 Å². The maximum Gasteiger partial charge on any atom is -0.0232 e. The van der Waals surface area contributed by atoms with Crippen LogP contribution in [-0.2, 0) is 0 Å². The number of hydrogen-bond acceptors (Lipinski definition) is 0. The smallest absolute Gasteiger partial charge is 0.0232 e. The lowest BCUT2D eigenvalue weighted by Gasteiger charge is -2.09. The second-order valence-electron chi connectivity index (χ2n) is 3.77. The summed E-state index contributed by atoms with van der Waals surface area (Å²) in [7, 11) is 0. The van der Waals surface area contributed by atoms with Gasteiger partial charge in [0.15, 0.2) is 0 Å². The van der Waals surface area contributed by atoms with E-state index in [-0.39, 0.29) is 0 Å². The lowest BCUT2D eigenvalue weighted by Crippen LogP contribution is -1.94. The number of allylic oxidation sites excluding steroid dienone is 4. The molecule has 0 heteroatoms. The third-order valence-corrected chi connectivity index (χ3v) is 2.62. The molecule has 0 aromatic carbocycles. The predicted octanol–water partition coefficient (Wildman–Crippen LogP) is 4.73. The molecule has 0 aromatic rings. The van der Waals surface area contributed by atoms with Crippen molar-refractivity contribution >= 4 is 0 Å². The SMILES string of the molecule is CC=C(C)C(C)CCC=CCCC. The summed E-state index contributed by atoms with van der Waals surface area (Å²) in [6.07, 6.45) is 11.9. The fourth-order valence-electron chi connectivity index (χ4n) is 1.26. The zero-order chi connectivity index (χ0) is 10.1. The third kappa shape index (κ3) is 6.62. The first kappa shape index (κ1) is 12.5. The Morgan fingerprint density at radius 3 is 2.38 bits per heavy atom. The highest BCUT2D eigenvalue weighted by Crippen LogP contribution is 2.15. The van der Waals surface area contributed by atoms with Gasteiger partial charge in [-0.2, -0.15) is 0 Å². The van der Waals surface area contributed by atoms with E-state index in [4.69, 9.17) is 0 Å². The standard InChI is InChI=1S/C13H24/c1-5-7-8-9-10-11-13(4)12(3)6-2/h6,8-9,13H,5,7,10-11H2,1-4H3. The van der Waals surface area contributed by atoms with E-state index in [1.807, 2.05) is 0 Å². The van der Waals surface area contributed by atoms with E-state index >= 15 is 0 Å². The van der Waals surface area contributed by atoms with Crippen LogP contribution in [0, 0.1) is 5.92 Å². The van der Waals surface area contributed by atoms with Crippen molar-refractivity contribution in [2.24, 2.45) is 5.92 Å². The number of unbranched alkanes of at least 4 members (excludes halogenated alkanes) is 1. The van der Waals surface area contributed by atoms with Crippen LogP contribution in [0.5, 0.6) is 0 Å². The summed E-state index contributed by atoms with van der Waals surface area (Å²) in [6, 6.07) is 0. The van der Waals surface area contributed by atoms with Crippen LogP contribution in [0.25, 0.3) is 0 Å². The molecule has 0 fully saturated rings. The molecule has 76 valence electrons. The van der Waals surface area contributed by atoms with Gasteiger partial charge in [-0.05, 0) is 39.0 Å². The summed E-state index contributed by atoms with van der Waals surface area (Å²) in [5.74, 6) is 0.747. The minimum Gasteiger partial charge on any atom is -0.0885 e. The molecule has 1 unspecified atom stereocenters. The summed E-state index contributed by atoms with van der Waals surface area (Å²) >= 11 is 0. The van der Waals surface area contributed by atoms with Gasteiger partial charge < -0.3 is 0 Å². The minimum absolute atomic E-state index is 0.747. The van der Waals surface area contributed by atoms with Crippen LogP contribution >= 0.6 is 0 Å². The van der Waals surface area contributed by atoms with Crippen LogP contribution in [0.15, 0.2) is 23.8 Å². The second kappa shape index (κ2) is 8.10. The van der Waals surface area contributed by atoms with Gasteiger partial charge in [0.1, 0.15) is 0 Å². The maximum absolute atomic E-state index is 2.32. The summed E-state index contributed by atoms with van der Waals surface area (Å²) in [4.78, 5) is 0. The Bertz CT molecular complexity index is 163. The molecule has 0 aromatic heterocycles. The maximum atomic E-state index is 2.32. The van der Waals surface area contributed by atoms with Crippen molar-refractivity contribution in [3.8, 4) is 0 Å². The van der Waals surface area contributed by atoms with Crippen LogP contribution in [0.1, 0.15) is 53.4 Å². The fourth-order valence-corrected chi connectivity index (χ4v) is 1.26. The molecule has 0 aliphatic rings. The Hall–Kier alpha value is -0.520. The molecule has 0 radical (unpaired) electrons. The zero-order valence-corrected chi connectivity index (χ0v) is 9.64. The summed E-state index contributed by atoms with van der Waals surface area (Å²) in [5, 5.41) is 0. The molecule has 0 aliphatic carbocycles. The number of rotatable bonds is 6. The molecule has 0 N–H and O–H groups in total. The highest BCUT2D eigenvalue weighted by atomic mass is 14.1. The molecular weight excluding hydrogens is 156 g/mol. The first-order valence-electron chi connectivity index (χ1n) is 5.50. The fraction of sp³-hybridized carbons (Fsp3) is 0.692. The Labute approximate surface area is 83.7 Å². The van der Waals surface area contributed by atoms with E-state index < -0.39 is 0 Å². The molecule has 13 heavy (non-hydrogen) atoms. The van der Waals surface area contributed by atoms with Crippen molar-refractivity contribution in [2.75, 3.05) is 0 Å². The average molecular weight is 180 g/mol. The molecule has 0 spiro atoms. The zero-order valence-electron chi connectivity index (χ0n) is 9.64. The first-order valence-corrected chi connectivity index (χ1v) is 5.50. The van der Waals surface area contributed by atoms with Gasteiger partial charge in [0.25, 0.3) is 0 Å². The van der Waals surface area contributed by atoms with Gasteiger partial charge in [0.2, 0.25) is 0 Å². The van der Waals surface area contributed by atoms with E-state index in [0.29, 0.717) is 0 Å². The van der Waals surface area contributed by atoms with Crippen molar-refractivity contribution in [1.82, 2.24) is 0 Å². The van der Waals surface area contributed by atoms with Crippen LogP contribution in [0.2, 0.25) is 0 Å². The molecule has 0 nitrogen and oxygen atoms in total. The van der Waals surface area contributed by atoms with Gasteiger partial charge in [-0.25, -0.2) is 0 Å². The van der Waals surface area contributed by atoms with E-state index in [1.54, 1.807) is 0 Å². The molecule has 0 saturated heterocycles.